The first-order valence-corrected chi connectivity index (χ1v) is 10.7. The van der Waals surface area contributed by atoms with E-state index < -0.39 is 11.7 Å². The van der Waals surface area contributed by atoms with Gasteiger partial charge in [0, 0.05) is 44.0 Å². The lowest BCUT2D eigenvalue weighted by Gasteiger charge is -2.34. The molecule has 1 fully saturated rings. The highest BCUT2D eigenvalue weighted by Gasteiger charge is 2.21. The minimum atomic E-state index is -0.437. The molecule has 33 heavy (non-hydrogen) atoms. The van der Waals surface area contributed by atoms with Crippen LogP contribution in [-0.4, -0.2) is 61.1 Å². The van der Waals surface area contributed by atoms with E-state index in [-0.39, 0.29) is 5.69 Å². The Kier molecular flexibility index (Phi) is 7.21. The van der Waals surface area contributed by atoms with Gasteiger partial charge >= 0.3 is 0 Å². The highest BCUT2D eigenvalue weighted by molar-refractivity contribution is 6.02. The molecule has 1 aliphatic heterocycles. The van der Waals surface area contributed by atoms with Crippen LogP contribution in [0, 0.1) is 5.82 Å². The van der Waals surface area contributed by atoms with E-state index in [9.17, 15) is 9.18 Å². The van der Waals surface area contributed by atoms with Crippen LogP contribution in [0.2, 0.25) is 0 Å². The van der Waals surface area contributed by atoms with Crippen LogP contribution in [0.1, 0.15) is 21.9 Å². The van der Waals surface area contributed by atoms with E-state index in [1.54, 1.807) is 20.3 Å². The number of hydrogen-bond donors (Lipinski definition) is 1. The summed E-state index contributed by atoms with van der Waals surface area (Å²) in [6, 6.07) is 11.5. The molecule has 0 saturated carbocycles. The quantitative estimate of drug-likeness (QED) is 0.559. The van der Waals surface area contributed by atoms with Gasteiger partial charge in [0.2, 0.25) is 5.89 Å². The smallest absolute Gasteiger partial charge is 0.277 e. The fourth-order valence-electron chi connectivity index (χ4n) is 3.79. The second-order valence-electron chi connectivity index (χ2n) is 7.82. The maximum atomic E-state index is 13.3. The van der Waals surface area contributed by atoms with Crippen molar-refractivity contribution in [1.29, 1.82) is 0 Å². The van der Waals surface area contributed by atoms with Gasteiger partial charge in [-0.25, -0.2) is 9.37 Å². The number of halogens is 1. The molecule has 0 spiro atoms. The summed E-state index contributed by atoms with van der Waals surface area (Å²) in [5.74, 6) is 1.28. The number of amides is 1. The van der Waals surface area contributed by atoms with Gasteiger partial charge in [-0.15, -0.1) is 0 Å². The number of anilines is 1. The zero-order valence-electron chi connectivity index (χ0n) is 18.7. The first-order chi connectivity index (χ1) is 16.0. The van der Waals surface area contributed by atoms with Crippen LogP contribution in [0.5, 0.6) is 11.5 Å². The zero-order valence-corrected chi connectivity index (χ0v) is 18.7. The Morgan fingerprint density at radius 3 is 2.52 bits per heavy atom. The summed E-state index contributed by atoms with van der Waals surface area (Å²) in [6.45, 7) is 4.75. The summed E-state index contributed by atoms with van der Waals surface area (Å²) < 4.78 is 29.6. The van der Waals surface area contributed by atoms with Gasteiger partial charge in [-0.2, -0.15) is 0 Å². The summed E-state index contributed by atoms with van der Waals surface area (Å²) >= 11 is 0. The molecular weight excluding hydrogens is 427 g/mol. The number of nitrogens with one attached hydrogen (secondary N) is 1. The fraction of sp³-hybridized carbons (Fsp3) is 0.333. The number of piperazine rings is 1. The zero-order chi connectivity index (χ0) is 23.2. The highest BCUT2D eigenvalue weighted by atomic mass is 19.1. The molecule has 9 heteroatoms. The number of rotatable bonds is 8. The van der Waals surface area contributed by atoms with E-state index in [0.29, 0.717) is 18.1 Å². The van der Waals surface area contributed by atoms with Crippen molar-refractivity contribution in [3.63, 3.8) is 0 Å². The van der Waals surface area contributed by atoms with Crippen molar-refractivity contribution in [2.24, 2.45) is 0 Å². The largest absolute Gasteiger partial charge is 0.497 e. The van der Waals surface area contributed by atoms with E-state index in [1.807, 2.05) is 18.2 Å². The molecule has 0 unspecified atom stereocenters. The third-order valence-electron chi connectivity index (χ3n) is 5.57. The van der Waals surface area contributed by atoms with Crippen LogP contribution in [0.3, 0.4) is 0 Å². The standard InChI is InChI=1S/C24H27FN4O4/c1-31-20-6-7-22(32-2)17(12-20)14-28-8-10-29(11-9-28)15-23-27-21(16-33-23)24(30)26-19-5-3-4-18(25)13-19/h3-7,12-13,16H,8-11,14-15H2,1-2H3,(H,26,30). The normalized spacial score (nSPS) is 14.8. The lowest BCUT2D eigenvalue weighted by Crippen LogP contribution is -2.45. The van der Waals surface area contributed by atoms with Crippen molar-refractivity contribution in [2.75, 3.05) is 45.7 Å². The Morgan fingerprint density at radius 1 is 1.06 bits per heavy atom. The molecule has 4 rings (SSSR count). The minimum Gasteiger partial charge on any atom is -0.497 e. The molecule has 8 nitrogen and oxygen atoms in total. The number of ether oxygens (including phenoxy) is 2. The predicted octanol–water partition coefficient (Wildman–Crippen LogP) is 3.40. The Bertz CT molecular complexity index is 1100. The first kappa shape index (κ1) is 22.8. The number of nitrogens with zero attached hydrogens (tertiary/aromatic N) is 3. The van der Waals surface area contributed by atoms with Gasteiger partial charge in [0.05, 0.1) is 20.8 Å². The number of aromatic nitrogens is 1. The van der Waals surface area contributed by atoms with Gasteiger partial charge < -0.3 is 19.2 Å². The third-order valence-corrected chi connectivity index (χ3v) is 5.57. The Morgan fingerprint density at radius 2 is 1.82 bits per heavy atom. The molecule has 0 radical (unpaired) electrons. The van der Waals surface area contributed by atoms with Gasteiger partial charge in [-0.3, -0.25) is 14.6 Å². The molecule has 1 N–H and O–H groups in total. The average Bonchev–Trinajstić information content (AvgIpc) is 3.29. The Hall–Kier alpha value is -3.43. The number of benzene rings is 2. The van der Waals surface area contributed by atoms with E-state index in [4.69, 9.17) is 13.9 Å². The molecule has 1 saturated heterocycles. The summed E-state index contributed by atoms with van der Waals surface area (Å²) in [7, 11) is 3.33. The number of carbonyl (C=O) groups is 1. The number of methoxy groups -OCH3 is 2. The van der Waals surface area contributed by atoms with Crippen LogP contribution in [-0.2, 0) is 13.1 Å². The van der Waals surface area contributed by atoms with Crippen LogP contribution in [0.15, 0.2) is 53.1 Å². The fourth-order valence-corrected chi connectivity index (χ4v) is 3.79. The van der Waals surface area contributed by atoms with Gasteiger partial charge in [0.15, 0.2) is 5.69 Å². The van der Waals surface area contributed by atoms with E-state index in [0.717, 1.165) is 49.8 Å². The molecule has 2 heterocycles. The second kappa shape index (κ2) is 10.5. The van der Waals surface area contributed by atoms with Gasteiger partial charge in [0.25, 0.3) is 5.91 Å². The molecule has 1 aromatic heterocycles. The lowest BCUT2D eigenvalue weighted by molar-refractivity contribution is 0.102. The van der Waals surface area contributed by atoms with Gasteiger partial charge in [-0.1, -0.05) is 6.07 Å². The molecule has 0 bridgehead atoms. The molecular formula is C24H27FN4O4. The van der Waals surface area contributed by atoms with E-state index in [2.05, 4.69) is 20.1 Å². The summed E-state index contributed by atoms with van der Waals surface area (Å²) in [6.07, 6.45) is 1.33. The summed E-state index contributed by atoms with van der Waals surface area (Å²) in [5, 5.41) is 2.62. The predicted molar refractivity (Wildman–Crippen MR) is 121 cm³/mol. The molecule has 0 aliphatic carbocycles. The summed E-state index contributed by atoms with van der Waals surface area (Å²) in [5.41, 5.74) is 1.62. The van der Waals surface area contributed by atoms with Crippen molar-refractivity contribution >= 4 is 11.6 Å². The highest BCUT2D eigenvalue weighted by Crippen LogP contribution is 2.25. The van der Waals surface area contributed by atoms with Gasteiger partial charge in [-0.05, 0) is 36.4 Å². The van der Waals surface area contributed by atoms with Crippen LogP contribution >= 0.6 is 0 Å². The molecule has 1 amide bonds. The van der Waals surface area contributed by atoms with Crippen LogP contribution in [0.25, 0.3) is 0 Å². The van der Waals surface area contributed by atoms with E-state index in [1.165, 1.54) is 24.5 Å². The van der Waals surface area contributed by atoms with Crippen molar-refractivity contribution in [3.05, 3.63) is 71.7 Å². The first-order valence-electron chi connectivity index (χ1n) is 10.7. The Balaban J connectivity index is 1.28. The minimum absolute atomic E-state index is 0.165. The van der Waals surface area contributed by atoms with Crippen molar-refractivity contribution in [3.8, 4) is 11.5 Å². The van der Waals surface area contributed by atoms with E-state index >= 15 is 0 Å². The van der Waals surface area contributed by atoms with Crippen molar-refractivity contribution in [1.82, 2.24) is 14.8 Å². The maximum Gasteiger partial charge on any atom is 0.277 e. The molecule has 3 aromatic rings. The molecule has 2 aromatic carbocycles. The monoisotopic (exact) mass is 454 g/mol. The SMILES string of the molecule is COc1ccc(OC)c(CN2CCN(Cc3nc(C(=O)Nc4cccc(F)c4)co3)CC2)c1. The van der Waals surface area contributed by atoms with Crippen LogP contribution in [0.4, 0.5) is 10.1 Å². The molecule has 0 atom stereocenters. The van der Waals surface area contributed by atoms with Crippen molar-refractivity contribution in [2.45, 2.75) is 13.1 Å². The molecule has 174 valence electrons. The second-order valence-corrected chi connectivity index (χ2v) is 7.82. The maximum absolute atomic E-state index is 13.3. The van der Waals surface area contributed by atoms with Crippen molar-refractivity contribution < 1.29 is 23.1 Å². The number of hydrogen-bond acceptors (Lipinski definition) is 7. The molecule has 1 aliphatic rings. The Labute approximate surface area is 191 Å². The number of oxazole rings is 1. The average molecular weight is 455 g/mol. The van der Waals surface area contributed by atoms with Crippen LogP contribution < -0.4 is 14.8 Å². The topological polar surface area (TPSA) is 80.1 Å². The lowest BCUT2D eigenvalue weighted by atomic mass is 10.1. The third kappa shape index (κ3) is 5.88. The summed E-state index contributed by atoms with van der Waals surface area (Å²) in [4.78, 5) is 21.2. The number of carbonyl (C=O) groups excluding carboxylic acids is 1. The van der Waals surface area contributed by atoms with Gasteiger partial charge in [0.1, 0.15) is 23.6 Å².